The number of alkyl halides is 3. The van der Waals surface area contributed by atoms with Gasteiger partial charge in [0.15, 0.2) is 5.82 Å². The van der Waals surface area contributed by atoms with Crippen molar-refractivity contribution < 1.29 is 32.5 Å². The number of hydrogen-bond acceptors (Lipinski definition) is 10. The number of piperazine rings is 1. The summed E-state index contributed by atoms with van der Waals surface area (Å²) in [6.07, 6.45) is -5.42. The van der Waals surface area contributed by atoms with Crippen LogP contribution in [-0.2, 0) is 30.3 Å². The Balaban J connectivity index is 1.35. The number of hydrogen-bond donors (Lipinski definition) is 3. The van der Waals surface area contributed by atoms with Gasteiger partial charge in [-0.15, -0.1) is 5.10 Å². The second-order valence-electron chi connectivity index (χ2n) is 13.1. The monoisotopic (exact) mass is 718 g/mol. The topological polar surface area (TPSA) is 138 Å². The first kappa shape index (κ1) is 35.3. The Labute approximate surface area is 290 Å². The average Bonchev–Trinajstić information content (AvgIpc) is 3.70. The second-order valence-corrected chi connectivity index (χ2v) is 13.5. The number of aromatic nitrogens is 4. The molecule has 13 nitrogen and oxygen atoms in total. The number of carbonyl (C=O) groups is 1. The van der Waals surface area contributed by atoms with Crippen LogP contribution in [-0.4, -0.2) is 80.0 Å². The third kappa shape index (κ3) is 7.46. The minimum atomic E-state index is -4.58. The Hall–Kier alpha value is -4.54. The Kier molecular flexibility index (Phi) is 9.63. The van der Waals surface area contributed by atoms with Gasteiger partial charge in [0.05, 0.1) is 29.4 Å². The molecule has 0 bridgehead atoms. The van der Waals surface area contributed by atoms with E-state index in [9.17, 15) is 27.9 Å². The highest BCUT2D eigenvalue weighted by atomic mass is 35.5. The van der Waals surface area contributed by atoms with Crippen molar-refractivity contribution in [2.45, 2.75) is 65.1 Å². The van der Waals surface area contributed by atoms with Crippen molar-refractivity contribution >= 4 is 34.8 Å². The van der Waals surface area contributed by atoms with Gasteiger partial charge in [0.2, 0.25) is 5.78 Å². The number of anilines is 2. The van der Waals surface area contributed by atoms with E-state index in [4.69, 9.17) is 26.1 Å². The van der Waals surface area contributed by atoms with Crippen molar-refractivity contribution in [3.05, 3.63) is 68.6 Å². The molecule has 2 aliphatic heterocycles. The Morgan fingerprint density at radius 1 is 1.12 bits per heavy atom. The number of fused-ring (bicyclic) bond motifs is 2. The van der Waals surface area contributed by atoms with Crippen molar-refractivity contribution in [2.75, 3.05) is 43.0 Å². The lowest BCUT2D eigenvalue weighted by atomic mass is 10.1. The van der Waals surface area contributed by atoms with Crippen LogP contribution in [0.5, 0.6) is 5.75 Å². The third-order valence-corrected chi connectivity index (χ3v) is 8.64. The first-order chi connectivity index (χ1) is 23.6. The maximum absolute atomic E-state index is 14.2. The van der Waals surface area contributed by atoms with Crippen LogP contribution in [0.4, 0.5) is 29.3 Å². The lowest BCUT2D eigenvalue weighted by molar-refractivity contribution is -0.137. The predicted molar refractivity (Wildman–Crippen MR) is 180 cm³/mol. The molecule has 1 saturated heterocycles. The number of aliphatic hydroxyl groups excluding tert-OH is 1. The summed E-state index contributed by atoms with van der Waals surface area (Å²) >= 11 is 6.17. The molecule has 0 aliphatic carbocycles. The molecule has 1 fully saturated rings. The number of ether oxygens (including phenoxy) is 2. The number of hydrazine groups is 1. The van der Waals surface area contributed by atoms with Crippen molar-refractivity contribution in [3.8, 4) is 17.1 Å². The van der Waals surface area contributed by atoms with Crippen molar-refractivity contribution in [1.82, 2.24) is 29.6 Å². The van der Waals surface area contributed by atoms with E-state index in [2.05, 4.69) is 15.8 Å². The van der Waals surface area contributed by atoms with Crippen LogP contribution in [0.3, 0.4) is 0 Å². The summed E-state index contributed by atoms with van der Waals surface area (Å²) in [6.45, 7) is 9.12. The van der Waals surface area contributed by atoms with Gasteiger partial charge in [0, 0.05) is 43.9 Å². The van der Waals surface area contributed by atoms with Crippen LogP contribution in [0.25, 0.3) is 17.2 Å². The van der Waals surface area contributed by atoms with Crippen molar-refractivity contribution in [1.29, 1.82) is 0 Å². The quantitative estimate of drug-likeness (QED) is 0.220. The summed E-state index contributed by atoms with van der Waals surface area (Å²) in [5.74, 6) is 1.25. The SMILES string of the molecule is CCc1c(N2CCN(NC(=O)OC(C)(C)C)CC2)c(=O)n2nc(-c3ccc4c(c3)CCO4)nc2n1CC(O)Nc1ccc(C(F)(F)F)cc1Cl. The first-order valence-corrected chi connectivity index (χ1v) is 16.6. The highest BCUT2D eigenvalue weighted by Crippen LogP contribution is 2.34. The predicted octanol–water partition coefficient (Wildman–Crippen LogP) is 4.72. The molecule has 268 valence electrons. The molecule has 1 unspecified atom stereocenters. The second kappa shape index (κ2) is 13.6. The van der Waals surface area contributed by atoms with Gasteiger partial charge in [0.1, 0.15) is 23.3 Å². The fraction of sp³-hybridized carbons (Fsp3) is 0.455. The number of amides is 1. The van der Waals surface area contributed by atoms with Gasteiger partial charge in [0.25, 0.3) is 5.56 Å². The van der Waals surface area contributed by atoms with E-state index in [0.717, 1.165) is 35.9 Å². The molecule has 0 saturated carbocycles. The molecule has 17 heteroatoms. The number of aliphatic hydroxyl groups is 1. The first-order valence-electron chi connectivity index (χ1n) is 16.2. The number of nitrogens with one attached hydrogen (secondary N) is 2. The van der Waals surface area contributed by atoms with Crippen LogP contribution in [0.1, 0.15) is 44.5 Å². The molecule has 0 spiro atoms. The van der Waals surface area contributed by atoms with E-state index in [1.165, 1.54) is 4.52 Å². The number of rotatable bonds is 8. The zero-order valence-electron chi connectivity index (χ0n) is 28.0. The normalized spacial score (nSPS) is 15.9. The fourth-order valence-electron chi connectivity index (χ4n) is 6.08. The standard InChI is InChI=1S/C33H38ClF3N8O5/c1-5-24-27(42-11-13-43(14-12-42)41-31(48)50-32(2,3)4)29(47)45-30(39-28(40-45)20-6-9-25-19(16-20)10-15-49-25)44(24)18-26(46)38-23-8-7-21(17-22(23)34)33(35,36)37/h6-9,16-17,26,38,46H,5,10-15,18H2,1-4H3,(H,41,48). The van der Waals surface area contributed by atoms with Crippen LogP contribution in [0.15, 0.2) is 41.2 Å². The van der Waals surface area contributed by atoms with Crippen molar-refractivity contribution in [2.24, 2.45) is 0 Å². The van der Waals surface area contributed by atoms with Gasteiger partial charge in [-0.05, 0) is 69.2 Å². The lowest BCUT2D eigenvalue weighted by Crippen LogP contribution is -2.55. The van der Waals surface area contributed by atoms with Crippen LogP contribution < -0.4 is 25.9 Å². The van der Waals surface area contributed by atoms with Crippen LogP contribution in [0.2, 0.25) is 5.02 Å². The Bertz CT molecular complexity index is 1970. The van der Waals surface area contributed by atoms with Crippen LogP contribution >= 0.6 is 11.6 Å². The molecular weight excluding hydrogens is 681 g/mol. The maximum atomic E-state index is 14.2. The summed E-state index contributed by atoms with van der Waals surface area (Å²) in [4.78, 5) is 33.3. The Morgan fingerprint density at radius 2 is 1.86 bits per heavy atom. The van der Waals surface area contributed by atoms with E-state index in [-0.39, 0.29) is 23.0 Å². The molecule has 1 atom stereocenters. The number of halogens is 4. The molecule has 6 rings (SSSR count). The van der Waals surface area contributed by atoms with Gasteiger partial charge < -0.3 is 29.4 Å². The molecule has 1 amide bonds. The fourth-order valence-corrected chi connectivity index (χ4v) is 6.32. The molecule has 0 radical (unpaired) electrons. The number of benzene rings is 2. The molecule has 2 aromatic heterocycles. The zero-order valence-corrected chi connectivity index (χ0v) is 28.7. The number of nitrogens with zero attached hydrogens (tertiary/aromatic N) is 6. The maximum Gasteiger partial charge on any atom is 0.422 e. The summed E-state index contributed by atoms with van der Waals surface area (Å²) < 4.78 is 53.6. The van der Waals surface area contributed by atoms with Gasteiger partial charge >= 0.3 is 12.3 Å². The van der Waals surface area contributed by atoms with E-state index < -0.39 is 35.2 Å². The highest BCUT2D eigenvalue weighted by Gasteiger charge is 2.32. The minimum absolute atomic E-state index is 0.0960. The third-order valence-electron chi connectivity index (χ3n) is 8.33. The summed E-state index contributed by atoms with van der Waals surface area (Å²) in [6, 6.07) is 8.39. The van der Waals surface area contributed by atoms with Crippen LogP contribution in [0, 0.1) is 0 Å². The molecular formula is C33H38ClF3N8O5. The number of carbonyl (C=O) groups excluding carboxylic acids is 1. The average molecular weight is 719 g/mol. The van der Waals surface area contributed by atoms with Gasteiger partial charge in [-0.2, -0.15) is 22.7 Å². The molecule has 4 aromatic rings. The molecule has 4 heterocycles. The molecule has 50 heavy (non-hydrogen) atoms. The zero-order chi connectivity index (χ0) is 36.0. The van der Waals surface area contributed by atoms with Gasteiger partial charge in [-0.25, -0.2) is 9.80 Å². The largest absolute Gasteiger partial charge is 0.493 e. The minimum Gasteiger partial charge on any atom is -0.493 e. The smallest absolute Gasteiger partial charge is 0.422 e. The highest BCUT2D eigenvalue weighted by molar-refractivity contribution is 6.33. The lowest BCUT2D eigenvalue weighted by Gasteiger charge is -2.37. The summed E-state index contributed by atoms with van der Waals surface area (Å²) in [5, 5.41) is 20.2. The molecule has 2 aliphatic rings. The molecule has 2 aromatic carbocycles. The van der Waals surface area contributed by atoms with E-state index in [0.29, 0.717) is 62.0 Å². The summed E-state index contributed by atoms with van der Waals surface area (Å²) in [7, 11) is 0. The van der Waals surface area contributed by atoms with Crippen molar-refractivity contribution in [3.63, 3.8) is 0 Å². The summed E-state index contributed by atoms with van der Waals surface area (Å²) in [5.41, 5.74) is 3.46. The van der Waals surface area contributed by atoms with E-state index in [1.54, 1.807) is 30.3 Å². The Morgan fingerprint density at radius 3 is 2.52 bits per heavy atom. The van der Waals surface area contributed by atoms with Gasteiger partial charge in [-0.3, -0.25) is 10.2 Å². The van der Waals surface area contributed by atoms with Gasteiger partial charge in [-0.1, -0.05) is 18.5 Å². The molecule has 3 N–H and O–H groups in total. The van der Waals surface area contributed by atoms with E-state index in [1.807, 2.05) is 30.0 Å². The van der Waals surface area contributed by atoms with E-state index >= 15 is 0 Å².